The van der Waals surface area contributed by atoms with Crippen LogP contribution in [-0.4, -0.2) is 21.2 Å². The first-order valence-corrected chi connectivity index (χ1v) is 3.67. The quantitative estimate of drug-likeness (QED) is 0.565. The van der Waals surface area contributed by atoms with Crippen molar-refractivity contribution in [3.8, 4) is 11.8 Å². The highest BCUT2D eigenvalue weighted by Gasteiger charge is 1.90. The molecule has 0 spiro atoms. The Balaban J connectivity index is 2.85. The minimum atomic E-state index is -0.618. The zero-order chi connectivity index (χ0) is 8.97. The van der Waals surface area contributed by atoms with Crippen molar-refractivity contribution in [3.05, 3.63) is 23.8 Å². The number of aliphatic hydroxyl groups is 1. The van der Waals surface area contributed by atoms with E-state index in [0.717, 1.165) is 5.69 Å². The molecular weight excluding hydrogens is 152 g/mol. The van der Waals surface area contributed by atoms with Gasteiger partial charge in [-0.3, -0.25) is 4.98 Å². The van der Waals surface area contributed by atoms with E-state index in [2.05, 4.69) is 21.8 Å². The fourth-order valence-electron chi connectivity index (χ4n) is 0.702. The lowest BCUT2D eigenvalue weighted by Crippen LogP contribution is -1.94. The second-order valence-corrected chi connectivity index (χ2v) is 2.49. The molecule has 0 aromatic carbocycles. The molecule has 0 amide bonds. The van der Waals surface area contributed by atoms with E-state index in [1.54, 1.807) is 19.3 Å². The summed E-state index contributed by atoms with van der Waals surface area (Å²) in [4.78, 5) is 8.01. The van der Waals surface area contributed by atoms with Crippen molar-refractivity contribution in [3.63, 3.8) is 0 Å². The van der Waals surface area contributed by atoms with Gasteiger partial charge in [0.05, 0.1) is 11.9 Å². The Hall–Kier alpha value is -1.40. The van der Waals surface area contributed by atoms with E-state index in [9.17, 15) is 0 Å². The third-order valence-corrected chi connectivity index (χ3v) is 1.16. The summed E-state index contributed by atoms with van der Waals surface area (Å²) in [6.45, 7) is 3.46. The minimum Gasteiger partial charge on any atom is -0.381 e. The molecule has 0 aliphatic heterocycles. The highest BCUT2D eigenvalue weighted by molar-refractivity contribution is 5.26. The number of aliphatic hydroxyl groups excluding tert-OH is 1. The summed E-state index contributed by atoms with van der Waals surface area (Å²) in [5, 5.41) is 8.86. The van der Waals surface area contributed by atoms with Crippen LogP contribution in [0, 0.1) is 18.8 Å². The van der Waals surface area contributed by atoms with E-state index in [0.29, 0.717) is 5.69 Å². The summed E-state index contributed by atoms with van der Waals surface area (Å²) in [7, 11) is 0. The molecule has 0 aliphatic rings. The number of rotatable bonds is 0. The smallest absolute Gasteiger partial charge is 0.131 e. The van der Waals surface area contributed by atoms with Gasteiger partial charge in [-0.2, -0.15) is 0 Å². The van der Waals surface area contributed by atoms with E-state index < -0.39 is 6.10 Å². The molecule has 3 nitrogen and oxygen atoms in total. The maximum Gasteiger partial charge on any atom is 0.131 e. The van der Waals surface area contributed by atoms with Crippen molar-refractivity contribution in [2.45, 2.75) is 20.0 Å². The third-order valence-electron chi connectivity index (χ3n) is 1.16. The standard InChI is InChI=1S/C9H10N2O/c1-7-5-10-6-9(11-7)4-3-8(2)12/h5-6,8,12H,1-2H3/t8-/m1/s1. The third kappa shape index (κ3) is 2.69. The first-order chi connectivity index (χ1) is 5.68. The molecule has 3 heteroatoms. The van der Waals surface area contributed by atoms with Gasteiger partial charge in [0.25, 0.3) is 0 Å². The van der Waals surface area contributed by atoms with Crippen molar-refractivity contribution in [1.29, 1.82) is 0 Å². The first-order valence-electron chi connectivity index (χ1n) is 3.67. The molecule has 0 saturated carbocycles. The van der Waals surface area contributed by atoms with Gasteiger partial charge in [-0.25, -0.2) is 4.98 Å². The maximum atomic E-state index is 8.86. The molecule has 1 aromatic rings. The fourth-order valence-corrected chi connectivity index (χ4v) is 0.702. The van der Waals surface area contributed by atoms with Gasteiger partial charge in [0, 0.05) is 6.20 Å². The molecule has 1 rings (SSSR count). The van der Waals surface area contributed by atoms with Gasteiger partial charge in [0.15, 0.2) is 0 Å². The van der Waals surface area contributed by atoms with Gasteiger partial charge in [0.2, 0.25) is 0 Å². The Kier molecular flexibility index (Phi) is 2.78. The fraction of sp³-hybridized carbons (Fsp3) is 0.333. The molecular formula is C9H10N2O. The molecule has 0 saturated heterocycles. The Bertz CT molecular complexity index is 323. The van der Waals surface area contributed by atoms with Crippen LogP contribution >= 0.6 is 0 Å². The highest BCUT2D eigenvalue weighted by atomic mass is 16.3. The Morgan fingerprint density at radius 3 is 2.83 bits per heavy atom. The lowest BCUT2D eigenvalue weighted by Gasteiger charge is -1.91. The van der Waals surface area contributed by atoms with Crippen LogP contribution in [0.15, 0.2) is 12.4 Å². The summed E-state index contributed by atoms with van der Waals surface area (Å²) in [6, 6.07) is 0. The Morgan fingerprint density at radius 2 is 2.25 bits per heavy atom. The van der Waals surface area contributed by atoms with Crippen LogP contribution in [0.3, 0.4) is 0 Å². The number of nitrogens with zero attached hydrogens (tertiary/aromatic N) is 2. The van der Waals surface area contributed by atoms with Crippen molar-refractivity contribution in [2.75, 3.05) is 0 Å². The molecule has 1 atom stereocenters. The van der Waals surface area contributed by atoms with Crippen molar-refractivity contribution < 1.29 is 5.11 Å². The van der Waals surface area contributed by atoms with Crippen LogP contribution in [0.2, 0.25) is 0 Å². The van der Waals surface area contributed by atoms with E-state index >= 15 is 0 Å². The zero-order valence-corrected chi connectivity index (χ0v) is 7.07. The second kappa shape index (κ2) is 3.84. The largest absolute Gasteiger partial charge is 0.381 e. The highest BCUT2D eigenvalue weighted by Crippen LogP contribution is 1.91. The van der Waals surface area contributed by atoms with Gasteiger partial charge >= 0.3 is 0 Å². The predicted molar refractivity (Wildman–Crippen MR) is 45.3 cm³/mol. The summed E-state index contributed by atoms with van der Waals surface area (Å²) in [5.41, 5.74) is 1.42. The van der Waals surface area contributed by atoms with Crippen LogP contribution in [0.4, 0.5) is 0 Å². The molecule has 1 N–H and O–H groups in total. The number of aryl methyl sites for hydroxylation is 1. The molecule has 12 heavy (non-hydrogen) atoms. The number of hydrogen-bond donors (Lipinski definition) is 1. The average Bonchev–Trinajstić information content (AvgIpc) is 2.01. The van der Waals surface area contributed by atoms with Crippen LogP contribution in [0.1, 0.15) is 18.3 Å². The second-order valence-electron chi connectivity index (χ2n) is 2.49. The van der Waals surface area contributed by atoms with Crippen molar-refractivity contribution in [2.24, 2.45) is 0 Å². The normalized spacial score (nSPS) is 11.6. The van der Waals surface area contributed by atoms with Gasteiger partial charge in [-0.05, 0) is 19.8 Å². The summed E-state index contributed by atoms with van der Waals surface area (Å²) in [5.74, 6) is 5.30. The molecule has 0 aliphatic carbocycles. The topological polar surface area (TPSA) is 46.0 Å². The monoisotopic (exact) mass is 162 g/mol. The SMILES string of the molecule is Cc1cncc(C#C[C@@H](C)O)n1. The zero-order valence-electron chi connectivity index (χ0n) is 7.07. The average molecular weight is 162 g/mol. The minimum absolute atomic E-state index is 0.593. The Labute approximate surface area is 71.5 Å². The van der Waals surface area contributed by atoms with Crippen molar-refractivity contribution in [1.82, 2.24) is 9.97 Å². The maximum absolute atomic E-state index is 8.86. The van der Waals surface area contributed by atoms with Crippen molar-refractivity contribution >= 4 is 0 Å². The van der Waals surface area contributed by atoms with E-state index in [-0.39, 0.29) is 0 Å². The van der Waals surface area contributed by atoms with Crippen LogP contribution < -0.4 is 0 Å². The summed E-state index contributed by atoms with van der Waals surface area (Å²) in [6.07, 6.45) is 2.61. The molecule has 1 aromatic heterocycles. The lowest BCUT2D eigenvalue weighted by molar-refractivity contribution is 0.253. The van der Waals surface area contributed by atoms with Gasteiger partial charge in [-0.1, -0.05) is 5.92 Å². The summed E-state index contributed by atoms with van der Waals surface area (Å²) < 4.78 is 0. The first kappa shape index (κ1) is 8.69. The number of hydrogen-bond acceptors (Lipinski definition) is 3. The predicted octanol–water partition coefficient (Wildman–Crippen LogP) is 0.517. The number of aromatic nitrogens is 2. The van der Waals surface area contributed by atoms with E-state index in [4.69, 9.17) is 5.11 Å². The van der Waals surface area contributed by atoms with Gasteiger partial charge in [0.1, 0.15) is 11.8 Å². The molecule has 62 valence electrons. The Morgan fingerprint density at radius 1 is 1.50 bits per heavy atom. The van der Waals surface area contributed by atoms with E-state index in [1.807, 2.05) is 6.92 Å². The van der Waals surface area contributed by atoms with Crippen LogP contribution in [0.5, 0.6) is 0 Å². The van der Waals surface area contributed by atoms with E-state index in [1.165, 1.54) is 0 Å². The van der Waals surface area contributed by atoms with Gasteiger partial charge in [-0.15, -0.1) is 0 Å². The molecule has 0 bridgehead atoms. The molecule has 0 radical (unpaired) electrons. The lowest BCUT2D eigenvalue weighted by atomic mass is 10.3. The summed E-state index contributed by atoms with van der Waals surface area (Å²) >= 11 is 0. The molecule has 0 fully saturated rings. The van der Waals surface area contributed by atoms with Crippen LogP contribution in [-0.2, 0) is 0 Å². The van der Waals surface area contributed by atoms with Gasteiger partial charge < -0.3 is 5.11 Å². The van der Waals surface area contributed by atoms with Crippen LogP contribution in [0.25, 0.3) is 0 Å². The molecule has 0 unspecified atom stereocenters. The molecule has 1 heterocycles.